The molecule has 0 saturated heterocycles. The molecule has 2 nitrogen and oxygen atoms in total. The monoisotopic (exact) mass is 378 g/mol. The van der Waals surface area contributed by atoms with Gasteiger partial charge in [-0.2, -0.15) is 0 Å². The van der Waals surface area contributed by atoms with Crippen LogP contribution in [0.5, 0.6) is 0 Å². The molecular weight excluding hydrogens is 352 g/mol. The molecule has 0 aromatic heterocycles. The third kappa shape index (κ3) is 4.54. The number of Topliss-reactive ketones (excluding diaryl/α,β-unsaturated/α-hetero) is 1. The number of aliphatic hydroxyl groups is 1. The maximum Gasteiger partial charge on any atom is 0.167 e. The molecular formula is C24H26O2S. The highest BCUT2D eigenvalue weighted by atomic mass is 32.2. The lowest BCUT2D eigenvalue weighted by Gasteiger charge is -2.28. The summed E-state index contributed by atoms with van der Waals surface area (Å²) in [7, 11) is 0. The van der Waals surface area contributed by atoms with Crippen molar-refractivity contribution in [2.75, 3.05) is 5.75 Å². The smallest absolute Gasteiger partial charge is 0.167 e. The van der Waals surface area contributed by atoms with Gasteiger partial charge in [0.2, 0.25) is 0 Å². The molecule has 0 saturated carbocycles. The molecule has 0 aliphatic heterocycles. The van der Waals surface area contributed by atoms with E-state index in [1.807, 2.05) is 36.0 Å². The van der Waals surface area contributed by atoms with Crippen molar-refractivity contribution in [3.05, 3.63) is 77.6 Å². The Morgan fingerprint density at radius 1 is 1.19 bits per heavy atom. The van der Waals surface area contributed by atoms with Crippen molar-refractivity contribution in [2.45, 2.75) is 31.6 Å². The molecule has 0 heterocycles. The van der Waals surface area contributed by atoms with Gasteiger partial charge in [-0.05, 0) is 42.0 Å². The molecule has 0 bridgehead atoms. The molecule has 140 valence electrons. The molecule has 3 rings (SSSR count). The summed E-state index contributed by atoms with van der Waals surface area (Å²) in [6.45, 7) is 8.08. The zero-order valence-electron chi connectivity index (χ0n) is 15.9. The predicted octanol–water partition coefficient (Wildman–Crippen LogP) is 6.31. The third-order valence-electron chi connectivity index (χ3n) is 5.26. The molecule has 1 aliphatic rings. The molecule has 27 heavy (non-hydrogen) atoms. The molecule has 2 aromatic rings. The van der Waals surface area contributed by atoms with Crippen LogP contribution in [0.3, 0.4) is 0 Å². The van der Waals surface area contributed by atoms with Crippen LogP contribution in [-0.2, 0) is 4.79 Å². The standard InChI is InChI=1S/C24H26O2S/c1-4-18-7-5-6-8-21(18)24-22(25)13-19(14-23(24)26)17(3)15-27-20-11-9-16(2)10-12-20/h4-12,17,19,25H,1,13-15H2,2-3H3. The second-order valence-electron chi connectivity index (χ2n) is 7.31. The third-order valence-corrected chi connectivity index (χ3v) is 6.56. The lowest BCUT2D eigenvalue weighted by Crippen LogP contribution is -2.25. The zero-order chi connectivity index (χ0) is 19.4. The average Bonchev–Trinajstić information content (AvgIpc) is 2.67. The van der Waals surface area contributed by atoms with Crippen LogP contribution in [0.1, 0.15) is 36.5 Å². The molecule has 1 aliphatic carbocycles. The Kier molecular flexibility index (Phi) is 6.22. The molecule has 1 N–H and O–H groups in total. The lowest BCUT2D eigenvalue weighted by atomic mass is 9.78. The average molecular weight is 379 g/mol. The van der Waals surface area contributed by atoms with Gasteiger partial charge >= 0.3 is 0 Å². The highest BCUT2D eigenvalue weighted by Crippen LogP contribution is 2.38. The highest BCUT2D eigenvalue weighted by Gasteiger charge is 2.32. The van der Waals surface area contributed by atoms with E-state index in [1.54, 1.807) is 6.08 Å². The van der Waals surface area contributed by atoms with Crippen molar-refractivity contribution in [1.82, 2.24) is 0 Å². The van der Waals surface area contributed by atoms with E-state index in [0.717, 1.165) is 16.9 Å². The van der Waals surface area contributed by atoms with Crippen LogP contribution in [0.15, 0.2) is 65.8 Å². The Labute approximate surface area is 166 Å². The topological polar surface area (TPSA) is 37.3 Å². The molecule has 2 atom stereocenters. The molecule has 2 aromatic carbocycles. The first-order valence-corrected chi connectivity index (χ1v) is 10.3. The van der Waals surface area contributed by atoms with E-state index in [9.17, 15) is 9.90 Å². The number of ketones is 1. The normalized spacial score (nSPS) is 18.4. The predicted molar refractivity (Wildman–Crippen MR) is 115 cm³/mol. The Bertz CT molecular complexity index is 864. The van der Waals surface area contributed by atoms with Crippen LogP contribution in [-0.4, -0.2) is 16.6 Å². The summed E-state index contributed by atoms with van der Waals surface area (Å²) in [5, 5.41) is 10.7. The van der Waals surface area contributed by atoms with Gasteiger partial charge in [-0.3, -0.25) is 4.79 Å². The lowest BCUT2D eigenvalue weighted by molar-refractivity contribution is -0.115. The second-order valence-corrected chi connectivity index (χ2v) is 8.40. The second kappa shape index (κ2) is 8.62. The highest BCUT2D eigenvalue weighted by molar-refractivity contribution is 7.99. The van der Waals surface area contributed by atoms with Crippen LogP contribution in [0.2, 0.25) is 0 Å². The van der Waals surface area contributed by atoms with E-state index in [4.69, 9.17) is 0 Å². The van der Waals surface area contributed by atoms with Crippen molar-refractivity contribution in [3.63, 3.8) is 0 Å². The minimum Gasteiger partial charge on any atom is -0.512 e. The Balaban J connectivity index is 1.72. The van der Waals surface area contributed by atoms with E-state index in [1.165, 1.54) is 10.5 Å². The van der Waals surface area contributed by atoms with Gasteiger partial charge in [0, 0.05) is 23.5 Å². The number of carbonyl (C=O) groups is 1. The number of allylic oxidation sites excluding steroid dienone is 2. The number of carbonyl (C=O) groups excluding carboxylic acids is 1. The van der Waals surface area contributed by atoms with E-state index in [-0.39, 0.29) is 17.5 Å². The number of benzene rings is 2. The van der Waals surface area contributed by atoms with Gasteiger partial charge < -0.3 is 5.11 Å². The fourth-order valence-electron chi connectivity index (χ4n) is 3.53. The van der Waals surface area contributed by atoms with Gasteiger partial charge in [0.25, 0.3) is 0 Å². The van der Waals surface area contributed by atoms with Gasteiger partial charge in [0.1, 0.15) is 5.76 Å². The fourth-order valence-corrected chi connectivity index (χ4v) is 4.59. The molecule has 2 unspecified atom stereocenters. The minimum atomic E-state index is 0.0326. The summed E-state index contributed by atoms with van der Waals surface area (Å²) < 4.78 is 0. The number of aryl methyl sites for hydroxylation is 1. The number of thioether (sulfide) groups is 1. The maximum absolute atomic E-state index is 12.8. The summed E-state index contributed by atoms with van der Waals surface area (Å²) in [5.41, 5.74) is 3.40. The van der Waals surface area contributed by atoms with Crippen LogP contribution in [0.4, 0.5) is 0 Å². The Hall–Kier alpha value is -2.26. The van der Waals surface area contributed by atoms with Gasteiger partial charge in [-0.25, -0.2) is 0 Å². The molecule has 3 heteroatoms. The molecule has 0 fully saturated rings. The number of aliphatic hydroxyl groups excluding tert-OH is 1. The molecule has 0 spiro atoms. The van der Waals surface area contributed by atoms with Gasteiger partial charge in [-0.15, -0.1) is 11.8 Å². The first kappa shape index (κ1) is 19.5. The maximum atomic E-state index is 12.8. The summed E-state index contributed by atoms with van der Waals surface area (Å²) in [6.07, 6.45) is 2.78. The molecule has 0 amide bonds. The van der Waals surface area contributed by atoms with Crippen molar-refractivity contribution >= 4 is 29.2 Å². The van der Waals surface area contributed by atoms with Crippen LogP contribution in [0.25, 0.3) is 11.6 Å². The summed E-state index contributed by atoms with van der Waals surface area (Å²) in [4.78, 5) is 14.1. The van der Waals surface area contributed by atoms with Crippen LogP contribution in [0, 0.1) is 18.8 Å². The largest absolute Gasteiger partial charge is 0.512 e. The van der Waals surface area contributed by atoms with E-state index >= 15 is 0 Å². The van der Waals surface area contributed by atoms with Crippen molar-refractivity contribution in [1.29, 1.82) is 0 Å². The van der Waals surface area contributed by atoms with E-state index in [0.29, 0.717) is 24.3 Å². The van der Waals surface area contributed by atoms with Crippen molar-refractivity contribution in [3.8, 4) is 0 Å². The number of hydrogen-bond acceptors (Lipinski definition) is 3. The summed E-state index contributed by atoms with van der Waals surface area (Å²) in [6, 6.07) is 16.1. The number of rotatable bonds is 6. The Morgan fingerprint density at radius 3 is 2.56 bits per heavy atom. The van der Waals surface area contributed by atoms with Crippen molar-refractivity contribution < 1.29 is 9.90 Å². The SMILES string of the molecule is C=Cc1ccccc1C1=C(O)CC(C(C)CSc2ccc(C)cc2)CC1=O. The van der Waals surface area contributed by atoms with Crippen LogP contribution < -0.4 is 0 Å². The number of hydrogen-bond donors (Lipinski definition) is 1. The van der Waals surface area contributed by atoms with Gasteiger partial charge in [0.05, 0.1) is 5.57 Å². The Morgan fingerprint density at radius 2 is 1.89 bits per heavy atom. The zero-order valence-corrected chi connectivity index (χ0v) is 16.8. The summed E-state index contributed by atoms with van der Waals surface area (Å²) in [5.74, 6) is 1.71. The molecule has 0 radical (unpaired) electrons. The fraction of sp³-hybridized carbons (Fsp3) is 0.292. The van der Waals surface area contributed by atoms with Gasteiger partial charge in [-0.1, -0.05) is 61.5 Å². The van der Waals surface area contributed by atoms with E-state index in [2.05, 4.69) is 44.7 Å². The summed E-state index contributed by atoms with van der Waals surface area (Å²) >= 11 is 1.81. The minimum absolute atomic E-state index is 0.0326. The first-order valence-electron chi connectivity index (χ1n) is 9.36. The van der Waals surface area contributed by atoms with Crippen molar-refractivity contribution in [2.24, 2.45) is 11.8 Å². The quantitative estimate of drug-likeness (QED) is 0.598. The van der Waals surface area contributed by atoms with Crippen LogP contribution >= 0.6 is 11.8 Å². The van der Waals surface area contributed by atoms with Gasteiger partial charge in [0.15, 0.2) is 5.78 Å². The van der Waals surface area contributed by atoms with E-state index < -0.39 is 0 Å². The first-order chi connectivity index (χ1) is 13.0.